The van der Waals surface area contributed by atoms with Gasteiger partial charge in [0.05, 0.1) is 23.8 Å². The molecule has 0 spiro atoms. The first-order valence-electron chi connectivity index (χ1n) is 6.13. The van der Waals surface area contributed by atoms with Crippen LogP contribution >= 0.6 is 27.5 Å². The molecule has 0 saturated carbocycles. The van der Waals surface area contributed by atoms with E-state index in [1.165, 1.54) is 29.1 Å². The molecule has 3 rings (SSSR count). The Morgan fingerprint density at radius 2 is 2.05 bits per heavy atom. The van der Waals surface area contributed by atoms with Crippen molar-refractivity contribution in [2.75, 3.05) is 0 Å². The monoisotopic (exact) mass is 366 g/mol. The van der Waals surface area contributed by atoms with Crippen LogP contribution in [0.2, 0.25) is 5.02 Å². The van der Waals surface area contributed by atoms with Crippen molar-refractivity contribution in [2.24, 2.45) is 0 Å². The van der Waals surface area contributed by atoms with Gasteiger partial charge in [0, 0.05) is 15.1 Å². The predicted molar refractivity (Wildman–Crippen MR) is 84.2 cm³/mol. The first kappa shape index (κ1) is 14.2. The molecule has 0 aliphatic rings. The third-order valence-corrected chi connectivity index (χ3v) is 3.86. The summed E-state index contributed by atoms with van der Waals surface area (Å²) < 4.78 is 16.0. The molecule has 0 aliphatic carbocycles. The molecule has 0 amide bonds. The maximum Gasteiger partial charge on any atom is 0.261 e. The molecule has 1 heterocycles. The molecule has 0 unspecified atom stereocenters. The smallest absolute Gasteiger partial charge is 0.261 e. The van der Waals surface area contributed by atoms with E-state index in [0.29, 0.717) is 21.5 Å². The second kappa shape index (κ2) is 5.58. The van der Waals surface area contributed by atoms with Crippen LogP contribution in [0.15, 0.2) is 52.0 Å². The van der Waals surface area contributed by atoms with Crippen molar-refractivity contribution in [1.29, 1.82) is 0 Å². The summed E-state index contributed by atoms with van der Waals surface area (Å²) in [7, 11) is 0. The average molecular weight is 368 g/mol. The van der Waals surface area contributed by atoms with Crippen molar-refractivity contribution < 1.29 is 4.39 Å². The highest BCUT2D eigenvalue weighted by atomic mass is 79.9. The molecule has 6 heteroatoms. The van der Waals surface area contributed by atoms with E-state index in [1.807, 2.05) is 0 Å². The van der Waals surface area contributed by atoms with Gasteiger partial charge in [-0.15, -0.1) is 0 Å². The van der Waals surface area contributed by atoms with Crippen molar-refractivity contribution in [3.05, 3.63) is 74.0 Å². The molecule has 2 aromatic carbocycles. The molecule has 0 saturated heterocycles. The fourth-order valence-electron chi connectivity index (χ4n) is 2.09. The van der Waals surface area contributed by atoms with E-state index in [2.05, 4.69) is 20.9 Å². The summed E-state index contributed by atoms with van der Waals surface area (Å²) in [6, 6.07) is 9.50. The molecule has 0 aliphatic heterocycles. The van der Waals surface area contributed by atoms with Gasteiger partial charge < -0.3 is 0 Å². The van der Waals surface area contributed by atoms with E-state index < -0.39 is 5.82 Å². The van der Waals surface area contributed by atoms with E-state index >= 15 is 0 Å². The summed E-state index contributed by atoms with van der Waals surface area (Å²) in [5, 5.41) is 0.917. The molecular weight excluding hydrogens is 359 g/mol. The highest BCUT2D eigenvalue weighted by Gasteiger charge is 2.08. The van der Waals surface area contributed by atoms with Gasteiger partial charge in [0.15, 0.2) is 0 Å². The quantitative estimate of drug-likeness (QED) is 0.686. The van der Waals surface area contributed by atoms with Crippen molar-refractivity contribution in [1.82, 2.24) is 9.55 Å². The van der Waals surface area contributed by atoms with E-state index in [9.17, 15) is 9.18 Å². The Morgan fingerprint density at radius 1 is 1.24 bits per heavy atom. The second-order valence-corrected chi connectivity index (χ2v) is 5.93. The van der Waals surface area contributed by atoms with Crippen LogP contribution in [0.4, 0.5) is 4.39 Å². The highest BCUT2D eigenvalue weighted by Crippen LogP contribution is 2.17. The molecule has 21 heavy (non-hydrogen) atoms. The lowest BCUT2D eigenvalue weighted by molar-refractivity contribution is 0.595. The molecule has 3 nitrogen and oxygen atoms in total. The number of hydrogen-bond donors (Lipinski definition) is 0. The fraction of sp³-hybridized carbons (Fsp3) is 0.0667. The van der Waals surface area contributed by atoms with Gasteiger partial charge in [0.2, 0.25) is 0 Å². The van der Waals surface area contributed by atoms with Crippen molar-refractivity contribution in [3.8, 4) is 0 Å². The lowest BCUT2D eigenvalue weighted by Gasteiger charge is -2.08. The summed E-state index contributed by atoms with van der Waals surface area (Å²) in [6.07, 6.45) is 1.41. The van der Waals surface area contributed by atoms with Crippen LogP contribution < -0.4 is 5.56 Å². The van der Waals surface area contributed by atoms with Gasteiger partial charge >= 0.3 is 0 Å². The molecule has 0 N–H and O–H groups in total. The first-order chi connectivity index (χ1) is 10.0. The third kappa shape index (κ3) is 2.84. The van der Waals surface area contributed by atoms with Gasteiger partial charge in [0.25, 0.3) is 5.56 Å². The van der Waals surface area contributed by atoms with Gasteiger partial charge in [-0.1, -0.05) is 27.5 Å². The molecule has 1 aromatic heterocycles. The van der Waals surface area contributed by atoms with Crippen LogP contribution in [0, 0.1) is 5.82 Å². The lowest BCUT2D eigenvalue weighted by atomic mass is 10.2. The summed E-state index contributed by atoms with van der Waals surface area (Å²) in [4.78, 5) is 16.6. The van der Waals surface area contributed by atoms with Crippen LogP contribution in [-0.2, 0) is 6.54 Å². The Morgan fingerprint density at radius 3 is 2.86 bits per heavy atom. The van der Waals surface area contributed by atoms with Crippen molar-refractivity contribution in [3.63, 3.8) is 0 Å². The van der Waals surface area contributed by atoms with Gasteiger partial charge in [-0.25, -0.2) is 9.37 Å². The van der Waals surface area contributed by atoms with E-state index in [4.69, 9.17) is 11.6 Å². The molecule has 0 atom stereocenters. The van der Waals surface area contributed by atoms with Crippen LogP contribution in [0.5, 0.6) is 0 Å². The van der Waals surface area contributed by atoms with Crippen LogP contribution in [-0.4, -0.2) is 9.55 Å². The molecule has 106 valence electrons. The maximum atomic E-state index is 13.8. The summed E-state index contributed by atoms with van der Waals surface area (Å²) in [5.41, 5.74) is 0.729. The zero-order valence-corrected chi connectivity index (χ0v) is 13.0. The minimum absolute atomic E-state index is 0.0875. The minimum atomic E-state index is -0.401. The SMILES string of the molecule is O=c1c2ccc(Br)cc2ncn1Cc1cc(Cl)ccc1F. The number of fused-ring (bicyclic) bond motifs is 1. The zero-order chi connectivity index (χ0) is 15.0. The van der Waals surface area contributed by atoms with Gasteiger partial charge in [-0.05, 0) is 36.4 Å². The highest BCUT2D eigenvalue weighted by molar-refractivity contribution is 9.10. The Hall–Kier alpha value is -1.72. The summed E-state index contributed by atoms with van der Waals surface area (Å²) in [6.45, 7) is 0.0875. The van der Waals surface area contributed by atoms with Gasteiger partial charge in [-0.3, -0.25) is 9.36 Å². The van der Waals surface area contributed by atoms with E-state index in [1.54, 1.807) is 18.2 Å². The van der Waals surface area contributed by atoms with Crippen LogP contribution in [0.25, 0.3) is 10.9 Å². The number of benzene rings is 2. The van der Waals surface area contributed by atoms with E-state index in [-0.39, 0.29) is 12.1 Å². The number of hydrogen-bond acceptors (Lipinski definition) is 2. The Bertz CT molecular complexity index is 894. The molecular formula is C15H9BrClFN2O. The topological polar surface area (TPSA) is 34.9 Å². The molecule has 0 radical (unpaired) electrons. The van der Waals surface area contributed by atoms with Crippen molar-refractivity contribution in [2.45, 2.75) is 6.54 Å². The van der Waals surface area contributed by atoms with Crippen molar-refractivity contribution >= 4 is 38.4 Å². The molecule has 0 fully saturated rings. The zero-order valence-electron chi connectivity index (χ0n) is 10.7. The fourth-order valence-corrected chi connectivity index (χ4v) is 2.64. The Balaban J connectivity index is 2.09. The largest absolute Gasteiger partial charge is 0.294 e. The first-order valence-corrected chi connectivity index (χ1v) is 7.30. The van der Waals surface area contributed by atoms with Gasteiger partial charge in [0.1, 0.15) is 5.82 Å². The average Bonchev–Trinajstić information content (AvgIpc) is 2.45. The van der Waals surface area contributed by atoms with E-state index in [0.717, 1.165) is 4.47 Å². The van der Waals surface area contributed by atoms with Gasteiger partial charge in [-0.2, -0.15) is 0 Å². The van der Waals surface area contributed by atoms with Crippen LogP contribution in [0.1, 0.15) is 5.56 Å². The predicted octanol–water partition coefficient (Wildman–Crippen LogP) is 4.00. The van der Waals surface area contributed by atoms with Crippen LogP contribution in [0.3, 0.4) is 0 Å². The number of aromatic nitrogens is 2. The third-order valence-electron chi connectivity index (χ3n) is 3.14. The minimum Gasteiger partial charge on any atom is -0.294 e. The Labute approximate surface area is 133 Å². The summed E-state index contributed by atoms with van der Waals surface area (Å²) >= 11 is 9.19. The second-order valence-electron chi connectivity index (χ2n) is 4.57. The number of nitrogens with zero attached hydrogens (tertiary/aromatic N) is 2. The summed E-state index contributed by atoms with van der Waals surface area (Å²) in [5.74, 6) is -0.401. The molecule has 0 bridgehead atoms. The Kier molecular flexibility index (Phi) is 3.78. The standard InChI is InChI=1S/C15H9BrClFN2O/c16-10-1-3-12-14(6-10)19-8-20(15(12)21)7-9-5-11(17)2-4-13(9)18/h1-6,8H,7H2. The lowest BCUT2D eigenvalue weighted by Crippen LogP contribution is -2.21. The number of rotatable bonds is 2. The normalized spacial score (nSPS) is 11.0. The number of halogens is 3. The molecule has 3 aromatic rings. The maximum absolute atomic E-state index is 13.8.